The van der Waals surface area contributed by atoms with E-state index in [9.17, 15) is 4.79 Å². The van der Waals surface area contributed by atoms with Gasteiger partial charge in [-0.05, 0) is 46.2 Å². The third kappa shape index (κ3) is 4.64. The van der Waals surface area contributed by atoms with Crippen LogP contribution in [0.2, 0.25) is 0 Å². The van der Waals surface area contributed by atoms with Crippen molar-refractivity contribution in [3.8, 4) is 0 Å². The number of ether oxygens (including phenoxy) is 2. The fourth-order valence-corrected chi connectivity index (χ4v) is 3.72. The average Bonchev–Trinajstić information content (AvgIpc) is 3.26. The van der Waals surface area contributed by atoms with Crippen molar-refractivity contribution in [2.75, 3.05) is 33.4 Å². The SMILES string of the molecule is CC(C)N(C)CC(=O)N1C[C@H](OCCCn2cccn2)[C@H]2OCCC[C@H]21. The second kappa shape index (κ2) is 8.97. The molecular weight excluding hydrogens is 332 g/mol. The molecule has 7 heteroatoms. The van der Waals surface area contributed by atoms with Crippen LogP contribution in [0.5, 0.6) is 0 Å². The monoisotopic (exact) mass is 364 g/mol. The molecule has 0 saturated carbocycles. The summed E-state index contributed by atoms with van der Waals surface area (Å²) >= 11 is 0. The van der Waals surface area contributed by atoms with Crippen LogP contribution in [0.3, 0.4) is 0 Å². The van der Waals surface area contributed by atoms with Crippen LogP contribution in [0, 0.1) is 0 Å². The predicted octanol–water partition coefficient (Wildman–Crippen LogP) is 1.39. The van der Waals surface area contributed by atoms with Crippen molar-refractivity contribution >= 4 is 5.91 Å². The summed E-state index contributed by atoms with van der Waals surface area (Å²) in [5, 5.41) is 4.21. The number of carbonyl (C=O) groups excluding carboxylic acids is 1. The van der Waals surface area contributed by atoms with Gasteiger partial charge in [-0.25, -0.2) is 0 Å². The average molecular weight is 364 g/mol. The molecule has 2 aliphatic rings. The van der Waals surface area contributed by atoms with Gasteiger partial charge >= 0.3 is 0 Å². The van der Waals surface area contributed by atoms with Crippen LogP contribution in [-0.4, -0.2) is 83.1 Å². The van der Waals surface area contributed by atoms with Gasteiger partial charge in [-0.3, -0.25) is 14.4 Å². The first-order valence-corrected chi connectivity index (χ1v) is 9.76. The van der Waals surface area contributed by atoms with E-state index >= 15 is 0 Å². The summed E-state index contributed by atoms with van der Waals surface area (Å²) in [6.45, 7) is 7.57. The minimum absolute atomic E-state index is 0.0155. The van der Waals surface area contributed by atoms with Crippen LogP contribution < -0.4 is 0 Å². The molecule has 26 heavy (non-hydrogen) atoms. The highest BCUT2D eigenvalue weighted by atomic mass is 16.5. The zero-order chi connectivity index (χ0) is 18.5. The molecule has 0 N–H and O–H groups in total. The van der Waals surface area contributed by atoms with E-state index in [2.05, 4.69) is 23.8 Å². The predicted molar refractivity (Wildman–Crippen MR) is 98.8 cm³/mol. The van der Waals surface area contributed by atoms with Gasteiger partial charge in [-0.1, -0.05) is 0 Å². The summed E-state index contributed by atoms with van der Waals surface area (Å²) in [5.41, 5.74) is 0. The Balaban J connectivity index is 1.52. The van der Waals surface area contributed by atoms with E-state index in [0.717, 1.165) is 32.4 Å². The molecule has 0 unspecified atom stereocenters. The van der Waals surface area contributed by atoms with Crippen molar-refractivity contribution < 1.29 is 14.3 Å². The fourth-order valence-electron chi connectivity index (χ4n) is 3.72. The lowest BCUT2D eigenvalue weighted by molar-refractivity contribution is -0.136. The number of hydrogen-bond donors (Lipinski definition) is 0. The van der Waals surface area contributed by atoms with Crippen molar-refractivity contribution in [2.24, 2.45) is 0 Å². The number of likely N-dealkylation sites (N-methyl/N-ethyl adjacent to an activating group) is 1. The third-order valence-electron chi connectivity index (χ3n) is 5.49. The molecule has 2 aliphatic heterocycles. The third-order valence-corrected chi connectivity index (χ3v) is 5.49. The summed E-state index contributed by atoms with van der Waals surface area (Å²) in [6, 6.07) is 2.44. The largest absolute Gasteiger partial charge is 0.374 e. The standard InChI is InChI=1S/C19H32N4O3/c1-15(2)21(3)14-18(24)23-13-17(19-16(23)7-4-11-26-19)25-12-6-10-22-9-5-8-20-22/h5,8-9,15-17,19H,4,6-7,10-14H2,1-3H3/t16-,17+,19+/m1/s1. The van der Waals surface area contributed by atoms with E-state index in [-0.39, 0.29) is 24.2 Å². The Bertz CT molecular complexity index is 563. The van der Waals surface area contributed by atoms with E-state index < -0.39 is 0 Å². The maximum Gasteiger partial charge on any atom is 0.237 e. The van der Waals surface area contributed by atoms with E-state index in [1.807, 2.05) is 28.9 Å². The summed E-state index contributed by atoms with van der Waals surface area (Å²) in [5.74, 6) is 0.185. The van der Waals surface area contributed by atoms with Gasteiger partial charge in [0.15, 0.2) is 0 Å². The van der Waals surface area contributed by atoms with Crippen molar-refractivity contribution in [2.45, 2.75) is 63.9 Å². The van der Waals surface area contributed by atoms with Gasteiger partial charge in [-0.15, -0.1) is 0 Å². The molecule has 1 aromatic rings. The maximum absolute atomic E-state index is 12.8. The number of aryl methyl sites for hydroxylation is 1. The Morgan fingerprint density at radius 2 is 2.31 bits per heavy atom. The molecule has 0 radical (unpaired) electrons. The molecule has 3 rings (SSSR count). The molecule has 7 nitrogen and oxygen atoms in total. The zero-order valence-electron chi connectivity index (χ0n) is 16.2. The Morgan fingerprint density at radius 3 is 3.04 bits per heavy atom. The molecule has 0 spiro atoms. The number of carbonyl (C=O) groups is 1. The molecule has 3 atom stereocenters. The number of aromatic nitrogens is 2. The lowest BCUT2D eigenvalue weighted by Crippen LogP contribution is -2.47. The topological polar surface area (TPSA) is 59.8 Å². The van der Waals surface area contributed by atoms with Crippen LogP contribution in [0.1, 0.15) is 33.1 Å². The highest BCUT2D eigenvalue weighted by Gasteiger charge is 2.46. The summed E-state index contributed by atoms with van der Waals surface area (Å²) in [6.07, 6.45) is 6.66. The molecule has 2 fully saturated rings. The van der Waals surface area contributed by atoms with Crippen molar-refractivity contribution in [1.82, 2.24) is 19.6 Å². The van der Waals surface area contributed by atoms with Crippen molar-refractivity contribution in [3.63, 3.8) is 0 Å². The first-order valence-electron chi connectivity index (χ1n) is 9.76. The fraction of sp³-hybridized carbons (Fsp3) is 0.789. The van der Waals surface area contributed by atoms with Crippen LogP contribution in [-0.2, 0) is 20.8 Å². The Morgan fingerprint density at radius 1 is 1.46 bits per heavy atom. The Labute approximate surface area is 156 Å². The van der Waals surface area contributed by atoms with Gasteiger partial charge in [0.1, 0.15) is 12.2 Å². The lowest BCUT2D eigenvalue weighted by atomic mass is 10.0. The zero-order valence-corrected chi connectivity index (χ0v) is 16.2. The maximum atomic E-state index is 12.8. The first-order chi connectivity index (χ1) is 12.6. The second-order valence-corrected chi connectivity index (χ2v) is 7.63. The van der Waals surface area contributed by atoms with Gasteiger partial charge in [0, 0.05) is 44.7 Å². The van der Waals surface area contributed by atoms with E-state index in [1.54, 1.807) is 6.20 Å². The molecule has 2 saturated heterocycles. The van der Waals surface area contributed by atoms with Gasteiger partial charge in [0.2, 0.25) is 5.91 Å². The number of amides is 1. The molecule has 0 aliphatic carbocycles. The van der Waals surface area contributed by atoms with Crippen molar-refractivity contribution in [1.29, 1.82) is 0 Å². The van der Waals surface area contributed by atoms with Crippen molar-refractivity contribution in [3.05, 3.63) is 18.5 Å². The normalized spacial score (nSPS) is 25.9. The molecule has 1 aromatic heterocycles. The molecule has 0 aromatic carbocycles. The number of rotatable bonds is 8. The smallest absolute Gasteiger partial charge is 0.237 e. The Hall–Kier alpha value is -1.44. The number of likely N-dealkylation sites (tertiary alicyclic amines) is 1. The van der Waals surface area contributed by atoms with E-state index in [1.165, 1.54) is 0 Å². The lowest BCUT2D eigenvalue weighted by Gasteiger charge is -2.33. The quantitative estimate of drug-likeness (QED) is 0.653. The summed E-state index contributed by atoms with van der Waals surface area (Å²) in [7, 11) is 2.00. The molecule has 0 bridgehead atoms. The van der Waals surface area contributed by atoms with E-state index in [0.29, 0.717) is 25.7 Å². The minimum atomic E-state index is -0.0220. The highest BCUT2D eigenvalue weighted by Crippen LogP contribution is 2.31. The molecular formula is C19H32N4O3. The summed E-state index contributed by atoms with van der Waals surface area (Å²) < 4.78 is 14.0. The number of nitrogens with zero attached hydrogens (tertiary/aromatic N) is 4. The van der Waals surface area contributed by atoms with Crippen LogP contribution in [0.25, 0.3) is 0 Å². The highest BCUT2D eigenvalue weighted by molar-refractivity contribution is 5.79. The van der Waals surface area contributed by atoms with Gasteiger partial charge in [0.25, 0.3) is 0 Å². The summed E-state index contributed by atoms with van der Waals surface area (Å²) in [4.78, 5) is 16.9. The van der Waals surface area contributed by atoms with Gasteiger partial charge < -0.3 is 14.4 Å². The van der Waals surface area contributed by atoms with Crippen LogP contribution in [0.15, 0.2) is 18.5 Å². The minimum Gasteiger partial charge on any atom is -0.374 e. The molecule has 1 amide bonds. The Kier molecular flexibility index (Phi) is 6.67. The van der Waals surface area contributed by atoms with Gasteiger partial charge in [-0.2, -0.15) is 5.10 Å². The van der Waals surface area contributed by atoms with E-state index in [4.69, 9.17) is 9.47 Å². The number of fused-ring (bicyclic) bond motifs is 1. The number of hydrogen-bond acceptors (Lipinski definition) is 5. The first kappa shape index (κ1) is 19.3. The van der Waals surface area contributed by atoms with Crippen LogP contribution >= 0.6 is 0 Å². The van der Waals surface area contributed by atoms with Gasteiger partial charge in [0.05, 0.1) is 12.6 Å². The second-order valence-electron chi connectivity index (χ2n) is 7.63. The molecule has 146 valence electrons. The van der Waals surface area contributed by atoms with Crippen LogP contribution in [0.4, 0.5) is 0 Å². The molecule has 3 heterocycles.